The SMILES string of the molecule is CCC1=C(C(=O)OC)C(c2ccc(OCc3ccc(F)cc3)cc2)NC(=O)N1. The quantitative estimate of drug-likeness (QED) is 0.746. The Morgan fingerprint density at radius 3 is 2.39 bits per heavy atom. The van der Waals surface area contributed by atoms with E-state index >= 15 is 0 Å². The number of halogens is 1. The molecule has 0 spiro atoms. The predicted octanol–water partition coefficient (Wildman–Crippen LogP) is 3.60. The Bertz CT molecular complexity index is 892. The van der Waals surface area contributed by atoms with Gasteiger partial charge in [-0.1, -0.05) is 31.2 Å². The zero-order valence-corrected chi connectivity index (χ0v) is 15.6. The Morgan fingerprint density at radius 2 is 1.79 bits per heavy atom. The minimum Gasteiger partial charge on any atom is -0.489 e. The molecule has 2 N–H and O–H groups in total. The largest absolute Gasteiger partial charge is 0.489 e. The maximum atomic E-state index is 13.0. The summed E-state index contributed by atoms with van der Waals surface area (Å²) >= 11 is 0. The molecule has 28 heavy (non-hydrogen) atoms. The van der Waals surface area contributed by atoms with E-state index in [2.05, 4.69) is 10.6 Å². The number of carbonyl (C=O) groups excluding carboxylic acids is 2. The molecule has 0 aliphatic carbocycles. The molecule has 0 radical (unpaired) electrons. The lowest BCUT2D eigenvalue weighted by molar-refractivity contribution is -0.136. The number of hydrogen-bond donors (Lipinski definition) is 2. The van der Waals surface area contributed by atoms with Crippen molar-refractivity contribution in [2.24, 2.45) is 0 Å². The van der Waals surface area contributed by atoms with E-state index in [0.29, 0.717) is 30.0 Å². The van der Waals surface area contributed by atoms with Gasteiger partial charge in [-0.2, -0.15) is 0 Å². The molecule has 0 aromatic heterocycles. The molecule has 146 valence electrons. The molecule has 6 nitrogen and oxygen atoms in total. The molecule has 0 fully saturated rings. The monoisotopic (exact) mass is 384 g/mol. The molecule has 0 saturated carbocycles. The average molecular weight is 384 g/mol. The van der Waals surface area contributed by atoms with Gasteiger partial charge in [-0.15, -0.1) is 0 Å². The fourth-order valence-corrected chi connectivity index (χ4v) is 3.00. The van der Waals surface area contributed by atoms with Crippen LogP contribution in [-0.4, -0.2) is 19.1 Å². The zero-order valence-electron chi connectivity index (χ0n) is 15.6. The first-order chi connectivity index (χ1) is 13.5. The van der Waals surface area contributed by atoms with E-state index in [0.717, 1.165) is 11.1 Å². The van der Waals surface area contributed by atoms with Crippen molar-refractivity contribution in [1.29, 1.82) is 0 Å². The van der Waals surface area contributed by atoms with Crippen LogP contribution < -0.4 is 15.4 Å². The number of urea groups is 1. The molecule has 7 heteroatoms. The van der Waals surface area contributed by atoms with Crippen molar-refractivity contribution in [1.82, 2.24) is 10.6 Å². The molecule has 1 aliphatic heterocycles. The fourth-order valence-electron chi connectivity index (χ4n) is 3.00. The van der Waals surface area contributed by atoms with Crippen LogP contribution in [0.5, 0.6) is 5.75 Å². The molecule has 2 aromatic rings. The molecule has 2 aromatic carbocycles. The van der Waals surface area contributed by atoms with Crippen molar-refractivity contribution >= 4 is 12.0 Å². The first kappa shape index (κ1) is 19.4. The van der Waals surface area contributed by atoms with Crippen molar-refractivity contribution < 1.29 is 23.5 Å². The Hall–Kier alpha value is -3.35. The van der Waals surface area contributed by atoms with Gasteiger partial charge < -0.3 is 20.1 Å². The molecule has 1 aliphatic rings. The van der Waals surface area contributed by atoms with Crippen molar-refractivity contribution in [2.45, 2.75) is 26.0 Å². The third-order valence-corrected chi connectivity index (χ3v) is 4.44. The second-order valence-corrected chi connectivity index (χ2v) is 6.25. The Labute approximate surface area is 162 Å². The second-order valence-electron chi connectivity index (χ2n) is 6.25. The summed E-state index contributed by atoms with van der Waals surface area (Å²) in [6, 6.07) is 12.2. The minimum atomic E-state index is -0.609. The van der Waals surface area contributed by atoms with Crippen LogP contribution in [0, 0.1) is 5.82 Å². The van der Waals surface area contributed by atoms with E-state index in [1.54, 1.807) is 36.4 Å². The number of amides is 2. The van der Waals surface area contributed by atoms with Gasteiger partial charge in [0.05, 0.1) is 18.7 Å². The highest BCUT2D eigenvalue weighted by molar-refractivity contribution is 5.95. The smallest absolute Gasteiger partial charge is 0.337 e. The average Bonchev–Trinajstić information content (AvgIpc) is 2.72. The third-order valence-electron chi connectivity index (χ3n) is 4.44. The van der Waals surface area contributed by atoms with Gasteiger partial charge in [0.15, 0.2) is 0 Å². The number of methoxy groups -OCH3 is 1. The van der Waals surface area contributed by atoms with Crippen LogP contribution in [0.3, 0.4) is 0 Å². The second kappa shape index (κ2) is 8.56. The van der Waals surface area contributed by atoms with Crippen molar-refractivity contribution in [3.05, 3.63) is 76.7 Å². The highest BCUT2D eigenvalue weighted by Gasteiger charge is 2.32. The number of ether oxygens (including phenoxy) is 2. The number of allylic oxidation sites excluding steroid dienone is 1. The number of benzene rings is 2. The van der Waals surface area contributed by atoms with E-state index in [9.17, 15) is 14.0 Å². The van der Waals surface area contributed by atoms with E-state index in [1.807, 2.05) is 6.92 Å². The topological polar surface area (TPSA) is 76.7 Å². The van der Waals surface area contributed by atoms with Crippen molar-refractivity contribution in [3.63, 3.8) is 0 Å². The zero-order chi connectivity index (χ0) is 20.1. The first-order valence-corrected chi connectivity index (χ1v) is 8.88. The number of hydrogen-bond acceptors (Lipinski definition) is 4. The Balaban J connectivity index is 1.78. The normalized spacial score (nSPS) is 16.2. The lowest BCUT2D eigenvalue weighted by Gasteiger charge is -2.28. The summed E-state index contributed by atoms with van der Waals surface area (Å²) in [6.45, 7) is 2.16. The molecule has 0 bridgehead atoms. The summed E-state index contributed by atoms with van der Waals surface area (Å²) in [6.07, 6.45) is 0.493. The summed E-state index contributed by atoms with van der Waals surface area (Å²) < 4.78 is 23.6. The lowest BCUT2D eigenvalue weighted by Crippen LogP contribution is -2.45. The van der Waals surface area contributed by atoms with Crippen LogP contribution in [0.4, 0.5) is 9.18 Å². The van der Waals surface area contributed by atoms with Gasteiger partial charge in [-0.05, 0) is 41.8 Å². The molecule has 1 atom stereocenters. The highest BCUT2D eigenvalue weighted by atomic mass is 19.1. The molecule has 0 saturated heterocycles. The van der Waals surface area contributed by atoms with Crippen LogP contribution in [0.2, 0.25) is 0 Å². The van der Waals surface area contributed by atoms with E-state index in [-0.39, 0.29) is 11.8 Å². The number of esters is 1. The summed E-state index contributed by atoms with van der Waals surface area (Å²) in [5.74, 6) is -0.170. The number of carbonyl (C=O) groups is 2. The van der Waals surface area contributed by atoms with Crippen molar-refractivity contribution in [2.75, 3.05) is 7.11 Å². The highest BCUT2D eigenvalue weighted by Crippen LogP contribution is 2.30. The van der Waals surface area contributed by atoms with Gasteiger partial charge in [0.2, 0.25) is 0 Å². The maximum Gasteiger partial charge on any atom is 0.337 e. The standard InChI is InChI=1S/C21H21FN2O4/c1-3-17-18(20(25)27-2)19(24-21(26)23-17)14-6-10-16(11-7-14)28-12-13-4-8-15(22)9-5-13/h4-11,19H,3,12H2,1-2H3,(H2,23,24,26). The summed E-state index contributed by atoms with van der Waals surface area (Å²) in [5, 5.41) is 5.42. The minimum absolute atomic E-state index is 0.293. The molecule has 2 amide bonds. The van der Waals surface area contributed by atoms with Gasteiger partial charge >= 0.3 is 12.0 Å². The Kier molecular flexibility index (Phi) is 5.93. The van der Waals surface area contributed by atoms with Crippen LogP contribution in [-0.2, 0) is 16.1 Å². The van der Waals surface area contributed by atoms with Crippen LogP contribution in [0.1, 0.15) is 30.5 Å². The van der Waals surface area contributed by atoms with Gasteiger partial charge in [0.1, 0.15) is 18.2 Å². The Morgan fingerprint density at radius 1 is 1.11 bits per heavy atom. The lowest BCUT2D eigenvalue weighted by atomic mass is 9.94. The van der Waals surface area contributed by atoms with Crippen LogP contribution in [0.15, 0.2) is 59.8 Å². The van der Waals surface area contributed by atoms with E-state index in [4.69, 9.17) is 9.47 Å². The fraction of sp³-hybridized carbons (Fsp3) is 0.238. The molecule has 1 heterocycles. The molecule has 3 rings (SSSR count). The summed E-state index contributed by atoms with van der Waals surface area (Å²) in [4.78, 5) is 24.2. The van der Waals surface area contributed by atoms with Crippen LogP contribution in [0.25, 0.3) is 0 Å². The third kappa shape index (κ3) is 4.31. The van der Waals surface area contributed by atoms with Crippen LogP contribution >= 0.6 is 0 Å². The van der Waals surface area contributed by atoms with E-state index in [1.165, 1.54) is 19.2 Å². The molecule has 1 unspecified atom stereocenters. The van der Waals surface area contributed by atoms with Crippen molar-refractivity contribution in [3.8, 4) is 5.75 Å². The van der Waals surface area contributed by atoms with Gasteiger partial charge in [-0.3, -0.25) is 0 Å². The number of rotatable bonds is 6. The first-order valence-electron chi connectivity index (χ1n) is 8.88. The van der Waals surface area contributed by atoms with E-state index < -0.39 is 12.0 Å². The molecular formula is C21H21FN2O4. The van der Waals surface area contributed by atoms with Gasteiger partial charge in [-0.25, -0.2) is 14.0 Å². The van der Waals surface area contributed by atoms with Gasteiger partial charge in [0.25, 0.3) is 0 Å². The summed E-state index contributed by atoms with van der Waals surface area (Å²) in [7, 11) is 1.31. The number of nitrogens with one attached hydrogen (secondary N) is 2. The molecular weight excluding hydrogens is 363 g/mol. The maximum absolute atomic E-state index is 13.0. The summed E-state index contributed by atoms with van der Waals surface area (Å²) in [5.41, 5.74) is 2.50. The van der Waals surface area contributed by atoms with Gasteiger partial charge in [0, 0.05) is 5.70 Å². The predicted molar refractivity (Wildman–Crippen MR) is 101 cm³/mol.